The van der Waals surface area contributed by atoms with Gasteiger partial charge >= 0.3 is 0 Å². The Morgan fingerprint density at radius 2 is 1.37 bits per heavy atom. The SMILES string of the molecule is CCC1(C)c2cc(C3(C)CCC(C)CC3)ccc2N2c3cc4c(cc3N(C)C2C1(C)CC)C1CC2CC(C1)CC4C2. The van der Waals surface area contributed by atoms with E-state index in [9.17, 15) is 0 Å². The number of anilines is 3. The maximum absolute atomic E-state index is 2.83. The molecule has 2 heteroatoms. The largest absolute Gasteiger partial charge is 0.352 e. The molecule has 0 amide bonds. The summed E-state index contributed by atoms with van der Waals surface area (Å²) in [4.78, 5) is 5.54. The lowest BCUT2D eigenvalue weighted by atomic mass is 9.54. The number of hydrogen-bond donors (Lipinski definition) is 0. The van der Waals surface area contributed by atoms with Crippen LogP contribution in [0.15, 0.2) is 30.3 Å². The van der Waals surface area contributed by atoms with Crippen molar-refractivity contribution in [2.75, 3.05) is 16.8 Å². The summed E-state index contributed by atoms with van der Waals surface area (Å²) in [5.74, 6) is 4.40. The third-order valence-corrected chi connectivity index (χ3v) is 14.6. The van der Waals surface area contributed by atoms with Crippen LogP contribution in [0.4, 0.5) is 17.1 Å². The lowest BCUT2D eigenvalue weighted by Crippen LogP contribution is -2.62. The summed E-state index contributed by atoms with van der Waals surface area (Å²) in [6, 6.07) is 13.2. The molecule has 220 valence electrons. The fraction of sp³-hybridized carbons (Fsp3) is 0.692. The molecule has 5 aliphatic carbocycles. The number of fused-ring (bicyclic) bond motifs is 5. The second-order valence-corrected chi connectivity index (χ2v) is 16.6. The normalized spacial score (nSPS) is 42.0. The zero-order chi connectivity index (χ0) is 28.5. The smallest absolute Gasteiger partial charge is 0.112 e. The van der Waals surface area contributed by atoms with Crippen molar-refractivity contribution < 1.29 is 0 Å². The van der Waals surface area contributed by atoms with E-state index in [4.69, 9.17) is 0 Å². The fourth-order valence-electron chi connectivity index (χ4n) is 11.6. The van der Waals surface area contributed by atoms with Crippen LogP contribution < -0.4 is 9.80 Å². The zero-order valence-electron chi connectivity index (χ0n) is 27.0. The van der Waals surface area contributed by atoms with E-state index in [1.54, 1.807) is 22.3 Å². The highest BCUT2D eigenvalue weighted by Crippen LogP contribution is 2.65. The van der Waals surface area contributed by atoms with Crippen LogP contribution in [0.1, 0.15) is 146 Å². The molecule has 2 heterocycles. The van der Waals surface area contributed by atoms with Crippen LogP contribution in [0.2, 0.25) is 0 Å². The van der Waals surface area contributed by atoms with Gasteiger partial charge < -0.3 is 9.80 Å². The van der Waals surface area contributed by atoms with Crippen molar-refractivity contribution >= 4 is 17.1 Å². The number of rotatable bonds is 3. The van der Waals surface area contributed by atoms with Crippen molar-refractivity contribution in [2.45, 2.75) is 141 Å². The molecule has 0 spiro atoms. The van der Waals surface area contributed by atoms with Crippen LogP contribution in [0.5, 0.6) is 0 Å². The maximum Gasteiger partial charge on any atom is 0.112 e. The molecule has 2 aromatic carbocycles. The first-order chi connectivity index (χ1) is 19.6. The molecule has 9 rings (SSSR count). The predicted molar refractivity (Wildman–Crippen MR) is 174 cm³/mol. The standard InChI is InChI=1S/C39H54N2/c1-8-38(5)32-21-29(37(4)14-12-24(3)13-15-37)10-11-33(32)41-35-23-31-28-19-25-16-26(20-28)18-27(17-25)30(31)22-34(35)40(7)36(41)39(38,6)9-2/h10-11,21-28,36H,8-9,12-20H2,1-7H3. The van der Waals surface area contributed by atoms with E-state index in [1.807, 2.05) is 0 Å². The molecule has 0 N–H and O–H groups in total. The van der Waals surface area contributed by atoms with E-state index in [2.05, 4.69) is 88.7 Å². The van der Waals surface area contributed by atoms with E-state index >= 15 is 0 Å². The first-order valence-electron chi connectivity index (χ1n) is 17.4. The highest BCUT2D eigenvalue weighted by molar-refractivity contribution is 5.88. The third kappa shape index (κ3) is 3.43. The van der Waals surface area contributed by atoms with E-state index in [0.29, 0.717) is 11.6 Å². The van der Waals surface area contributed by atoms with Crippen molar-refractivity contribution in [1.82, 2.24) is 0 Å². The molecule has 5 atom stereocenters. The van der Waals surface area contributed by atoms with Gasteiger partial charge in [-0.25, -0.2) is 0 Å². The first-order valence-corrected chi connectivity index (χ1v) is 17.4. The van der Waals surface area contributed by atoms with Crippen molar-refractivity contribution in [2.24, 2.45) is 23.2 Å². The maximum atomic E-state index is 2.83. The molecule has 41 heavy (non-hydrogen) atoms. The summed E-state index contributed by atoms with van der Waals surface area (Å²) >= 11 is 0. The van der Waals surface area contributed by atoms with Gasteiger partial charge in [0, 0.05) is 23.6 Å². The van der Waals surface area contributed by atoms with Gasteiger partial charge in [-0.3, -0.25) is 0 Å². The van der Waals surface area contributed by atoms with E-state index in [0.717, 1.165) is 29.6 Å². The number of hydrogen-bond acceptors (Lipinski definition) is 2. The van der Waals surface area contributed by atoms with Gasteiger partial charge in [0.2, 0.25) is 0 Å². The predicted octanol–water partition coefficient (Wildman–Crippen LogP) is 10.6. The molecule has 0 aromatic heterocycles. The highest BCUT2D eigenvalue weighted by Gasteiger charge is 2.60. The first kappa shape index (κ1) is 26.7. The number of benzene rings is 2. The topological polar surface area (TPSA) is 6.48 Å². The Morgan fingerprint density at radius 3 is 1.95 bits per heavy atom. The Hall–Kier alpha value is -1.96. The molecule has 3 fully saturated rings. The Kier molecular flexibility index (Phi) is 5.72. The van der Waals surface area contributed by atoms with Crippen LogP contribution in [0.3, 0.4) is 0 Å². The monoisotopic (exact) mass is 550 g/mol. The van der Waals surface area contributed by atoms with Gasteiger partial charge in [-0.05, 0) is 146 Å². The lowest BCUT2D eigenvalue weighted by Gasteiger charge is -2.59. The molecule has 2 aromatic rings. The van der Waals surface area contributed by atoms with Gasteiger partial charge in [0.15, 0.2) is 0 Å². The Morgan fingerprint density at radius 1 is 0.756 bits per heavy atom. The minimum atomic E-state index is 0.123. The second-order valence-electron chi connectivity index (χ2n) is 16.6. The fourth-order valence-corrected chi connectivity index (χ4v) is 11.6. The van der Waals surface area contributed by atoms with Crippen molar-refractivity contribution in [3.63, 3.8) is 0 Å². The molecule has 0 radical (unpaired) electrons. The molecular formula is C39H54N2. The minimum absolute atomic E-state index is 0.123. The van der Waals surface area contributed by atoms with Crippen LogP contribution in [0.25, 0.3) is 0 Å². The average molecular weight is 551 g/mol. The van der Waals surface area contributed by atoms with Crippen LogP contribution in [-0.4, -0.2) is 13.2 Å². The summed E-state index contributed by atoms with van der Waals surface area (Å²) < 4.78 is 0. The molecule has 2 nitrogen and oxygen atoms in total. The van der Waals surface area contributed by atoms with Gasteiger partial charge in [-0.2, -0.15) is 0 Å². The summed E-state index contributed by atoms with van der Waals surface area (Å²) in [5.41, 5.74) is 11.7. The van der Waals surface area contributed by atoms with E-state index in [1.165, 1.54) is 87.7 Å². The van der Waals surface area contributed by atoms with Crippen molar-refractivity contribution in [3.05, 3.63) is 52.6 Å². The molecule has 3 saturated carbocycles. The molecule has 0 saturated heterocycles. The van der Waals surface area contributed by atoms with Gasteiger partial charge in [-0.15, -0.1) is 0 Å². The third-order valence-electron chi connectivity index (χ3n) is 14.6. The van der Waals surface area contributed by atoms with Crippen LogP contribution >= 0.6 is 0 Å². The van der Waals surface area contributed by atoms with E-state index < -0.39 is 0 Å². The Balaban J connectivity index is 1.31. The Bertz CT molecular complexity index is 1370. The minimum Gasteiger partial charge on any atom is -0.352 e. The molecular weight excluding hydrogens is 496 g/mol. The highest BCUT2D eigenvalue weighted by atomic mass is 15.4. The lowest BCUT2D eigenvalue weighted by molar-refractivity contribution is 0.0941. The zero-order valence-corrected chi connectivity index (χ0v) is 27.0. The van der Waals surface area contributed by atoms with Crippen LogP contribution in [-0.2, 0) is 10.8 Å². The van der Waals surface area contributed by atoms with Gasteiger partial charge in [-0.1, -0.05) is 53.7 Å². The summed E-state index contributed by atoms with van der Waals surface area (Å²) in [6.45, 7) is 15.2. The van der Waals surface area contributed by atoms with Gasteiger partial charge in [0.1, 0.15) is 6.17 Å². The molecule has 7 aliphatic rings. The van der Waals surface area contributed by atoms with Crippen LogP contribution in [0, 0.1) is 23.2 Å². The van der Waals surface area contributed by atoms with Gasteiger partial charge in [0.05, 0.1) is 11.4 Å². The second kappa shape index (κ2) is 8.79. The quantitative estimate of drug-likeness (QED) is 0.375. The van der Waals surface area contributed by atoms with Gasteiger partial charge in [0.25, 0.3) is 0 Å². The molecule has 4 bridgehead atoms. The summed E-state index contributed by atoms with van der Waals surface area (Å²) in [5, 5.41) is 0. The number of nitrogens with zero attached hydrogens (tertiary/aromatic N) is 2. The molecule has 2 aliphatic heterocycles. The van der Waals surface area contributed by atoms with E-state index in [-0.39, 0.29) is 10.8 Å². The average Bonchev–Trinajstić information content (AvgIpc) is 3.17. The molecule has 5 unspecified atom stereocenters. The van der Waals surface area contributed by atoms with Crippen molar-refractivity contribution in [1.29, 1.82) is 0 Å². The summed E-state index contributed by atoms with van der Waals surface area (Å²) in [7, 11) is 2.42. The Labute approximate surface area is 250 Å². The van der Waals surface area contributed by atoms with Crippen molar-refractivity contribution in [3.8, 4) is 0 Å². The summed E-state index contributed by atoms with van der Waals surface area (Å²) in [6.07, 6.45) is 15.4.